The van der Waals surface area contributed by atoms with Crippen LogP contribution in [-0.2, 0) is 0 Å². The molecule has 0 saturated carbocycles. The van der Waals surface area contributed by atoms with Crippen LogP contribution in [0.5, 0.6) is 0 Å². The van der Waals surface area contributed by atoms with E-state index in [9.17, 15) is 5.26 Å². The lowest BCUT2D eigenvalue weighted by Gasteiger charge is -2.24. The fourth-order valence-electron chi connectivity index (χ4n) is 2.92. The summed E-state index contributed by atoms with van der Waals surface area (Å²) >= 11 is 6.12. The molecule has 0 bridgehead atoms. The van der Waals surface area contributed by atoms with Gasteiger partial charge in [0.25, 0.3) is 0 Å². The van der Waals surface area contributed by atoms with Gasteiger partial charge < -0.3 is 4.90 Å². The highest BCUT2D eigenvalue weighted by atomic mass is 35.5. The Morgan fingerprint density at radius 1 is 1.32 bits per heavy atom. The van der Waals surface area contributed by atoms with Gasteiger partial charge >= 0.3 is 0 Å². The molecule has 19 heavy (non-hydrogen) atoms. The average molecular weight is 277 g/mol. The molecule has 1 unspecified atom stereocenters. The summed E-state index contributed by atoms with van der Waals surface area (Å²) in [6, 6.07) is 7.98. The Balaban J connectivity index is 2.19. The minimum Gasteiger partial charge on any atom is -0.370 e. The zero-order chi connectivity index (χ0) is 13.8. The lowest BCUT2D eigenvalue weighted by molar-refractivity contribution is 0.351. The molecule has 1 saturated heterocycles. The van der Waals surface area contributed by atoms with Crippen LogP contribution in [0.15, 0.2) is 18.2 Å². The van der Waals surface area contributed by atoms with Gasteiger partial charge in [-0.3, -0.25) is 0 Å². The molecule has 2 rings (SSSR count). The second-order valence-corrected chi connectivity index (χ2v) is 6.08. The van der Waals surface area contributed by atoms with Crippen molar-refractivity contribution in [3.8, 4) is 6.07 Å². The van der Waals surface area contributed by atoms with E-state index in [1.807, 2.05) is 12.1 Å². The molecule has 1 atom stereocenters. The van der Waals surface area contributed by atoms with Crippen molar-refractivity contribution >= 4 is 17.3 Å². The van der Waals surface area contributed by atoms with Crippen LogP contribution in [0.1, 0.15) is 38.7 Å². The zero-order valence-corrected chi connectivity index (χ0v) is 12.5. The van der Waals surface area contributed by atoms with Gasteiger partial charge in [0.2, 0.25) is 0 Å². The minimum atomic E-state index is 0.560. The fourth-order valence-corrected chi connectivity index (χ4v) is 3.13. The van der Waals surface area contributed by atoms with E-state index < -0.39 is 0 Å². The standard InChI is InChI=1S/C16H21ClN2/c1-12(2)13-5-4-9-19(10-8-13)16-7-3-6-15(17)14(16)11-18/h3,6-7,12-13H,4-5,8-10H2,1-2H3. The quantitative estimate of drug-likeness (QED) is 0.797. The highest BCUT2D eigenvalue weighted by molar-refractivity contribution is 6.32. The van der Waals surface area contributed by atoms with Gasteiger partial charge in [0, 0.05) is 13.1 Å². The van der Waals surface area contributed by atoms with E-state index in [-0.39, 0.29) is 0 Å². The summed E-state index contributed by atoms with van der Waals surface area (Å²) in [5.74, 6) is 1.55. The molecule has 0 aliphatic carbocycles. The van der Waals surface area contributed by atoms with Crippen LogP contribution in [-0.4, -0.2) is 13.1 Å². The van der Waals surface area contributed by atoms with Crippen LogP contribution in [0.2, 0.25) is 5.02 Å². The van der Waals surface area contributed by atoms with Crippen molar-refractivity contribution in [1.82, 2.24) is 0 Å². The molecule has 0 N–H and O–H groups in total. The van der Waals surface area contributed by atoms with E-state index in [1.54, 1.807) is 6.07 Å². The third kappa shape index (κ3) is 3.22. The number of nitrogens with zero attached hydrogens (tertiary/aromatic N) is 2. The minimum absolute atomic E-state index is 0.560. The first-order valence-corrected chi connectivity index (χ1v) is 7.45. The second kappa shape index (κ2) is 6.30. The van der Waals surface area contributed by atoms with Gasteiger partial charge in [-0.25, -0.2) is 0 Å². The lowest BCUT2D eigenvalue weighted by atomic mass is 9.89. The molecule has 1 aromatic rings. The largest absolute Gasteiger partial charge is 0.370 e. The monoisotopic (exact) mass is 276 g/mol. The summed E-state index contributed by atoms with van der Waals surface area (Å²) in [6.45, 7) is 6.66. The van der Waals surface area contributed by atoms with Crippen LogP contribution >= 0.6 is 11.6 Å². The van der Waals surface area contributed by atoms with Gasteiger partial charge in [0.05, 0.1) is 16.3 Å². The molecule has 1 fully saturated rings. The van der Waals surface area contributed by atoms with Gasteiger partial charge in [-0.15, -0.1) is 0 Å². The van der Waals surface area contributed by atoms with Gasteiger partial charge in [-0.05, 0) is 43.2 Å². The molecule has 3 heteroatoms. The maximum Gasteiger partial charge on any atom is 0.103 e. The van der Waals surface area contributed by atoms with Gasteiger partial charge in [0.1, 0.15) is 6.07 Å². The molecule has 0 aromatic heterocycles. The molecule has 102 valence electrons. The molecule has 0 spiro atoms. The molecule has 0 amide bonds. The predicted octanol–water partition coefficient (Wildman–Crippen LogP) is 4.47. The van der Waals surface area contributed by atoms with Crippen molar-refractivity contribution < 1.29 is 0 Å². The van der Waals surface area contributed by atoms with Crippen molar-refractivity contribution in [2.75, 3.05) is 18.0 Å². The zero-order valence-electron chi connectivity index (χ0n) is 11.7. The highest BCUT2D eigenvalue weighted by Crippen LogP contribution is 2.31. The normalized spacial score (nSPS) is 20.2. The predicted molar refractivity (Wildman–Crippen MR) is 80.6 cm³/mol. The summed E-state index contributed by atoms with van der Waals surface area (Å²) in [5.41, 5.74) is 1.62. The first-order chi connectivity index (χ1) is 9.13. The fraction of sp³-hybridized carbons (Fsp3) is 0.562. The van der Waals surface area contributed by atoms with Crippen molar-refractivity contribution in [1.29, 1.82) is 5.26 Å². The molecule has 1 aliphatic rings. The van der Waals surface area contributed by atoms with Crippen molar-refractivity contribution in [2.45, 2.75) is 33.1 Å². The Hall–Kier alpha value is -1.20. The van der Waals surface area contributed by atoms with E-state index in [1.165, 1.54) is 19.3 Å². The topological polar surface area (TPSA) is 27.0 Å². The van der Waals surface area contributed by atoms with Gasteiger partial charge in [-0.2, -0.15) is 5.26 Å². The van der Waals surface area contributed by atoms with E-state index in [0.29, 0.717) is 10.6 Å². The lowest BCUT2D eigenvalue weighted by Crippen LogP contribution is -2.25. The van der Waals surface area contributed by atoms with E-state index in [2.05, 4.69) is 24.8 Å². The molecule has 1 aromatic carbocycles. The van der Waals surface area contributed by atoms with Crippen LogP contribution in [0.3, 0.4) is 0 Å². The van der Waals surface area contributed by atoms with Gasteiger partial charge in [-0.1, -0.05) is 31.5 Å². The summed E-state index contributed by atoms with van der Waals surface area (Å²) in [7, 11) is 0. The Bertz CT molecular complexity index is 476. The van der Waals surface area contributed by atoms with Crippen molar-refractivity contribution in [2.24, 2.45) is 11.8 Å². The third-order valence-corrected chi connectivity index (χ3v) is 4.47. The number of halogens is 1. The number of hydrogen-bond donors (Lipinski definition) is 0. The van der Waals surface area contributed by atoms with Crippen molar-refractivity contribution in [3.63, 3.8) is 0 Å². The Kier molecular flexibility index (Phi) is 4.71. The molecular formula is C16H21ClN2. The molecule has 1 aliphatic heterocycles. The van der Waals surface area contributed by atoms with Crippen LogP contribution in [0, 0.1) is 23.2 Å². The summed E-state index contributed by atoms with van der Waals surface area (Å²) in [6.07, 6.45) is 3.69. The molecular weight excluding hydrogens is 256 g/mol. The van der Waals surface area contributed by atoms with E-state index in [0.717, 1.165) is 30.6 Å². The Morgan fingerprint density at radius 3 is 2.79 bits per heavy atom. The first-order valence-electron chi connectivity index (χ1n) is 7.07. The summed E-state index contributed by atoms with van der Waals surface area (Å²) in [5, 5.41) is 9.84. The maximum absolute atomic E-state index is 9.28. The Morgan fingerprint density at radius 2 is 2.11 bits per heavy atom. The number of rotatable bonds is 2. The number of benzene rings is 1. The third-order valence-electron chi connectivity index (χ3n) is 4.16. The van der Waals surface area contributed by atoms with E-state index >= 15 is 0 Å². The van der Waals surface area contributed by atoms with Crippen LogP contribution in [0.4, 0.5) is 5.69 Å². The van der Waals surface area contributed by atoms with Gasteiger partial charge in [0.15, 0.2) is 0 Å². The maximum atomic E-state index is 9.28. The second-order valence-electron chi connectivity index (χ2n) is 5.67. The van der Waals surface area contributed by atoms with Crippen molar-refractivity contribution in [3.05, 3.63) is 28.8 Å². The Labute approximate surface area is 121 Å². The molecule has 0 radical (unpaired) electrons. The summed E-state index contributed by atoms with van der Waals surface area (Å²) in [4.78, 5) is 2.33. The smallest absolute Gasteiger partial charge is 0.103 e. The molecule has 2 nitrogen and oxygen atoms in total. The number of anilines is 1. The average Bonchev–Trinajstić information content (AvgIpc) is 2.64. The van der Waals surface area contributed by atoms with Crippen LogP contribution in [0.25, 0.3) is 0 Å². The first kappa shape index (κ1) is 14.2. The van der Waals surface area contributed by atoms with E-state index in [4.69, 9.17) is 11.6 Å². The highest BCUT2D eigenvalue weighted by Gasteiger charge is 2.21. The number of nitriles is 1. The SMILES string of the molecule is CC(C)C1CCCN(c2cccc(Cl)c2C#N)CC1. The summed E-state index contributed by atoms with van der Waals surface area (Å²) < 4.78 is 0. The van der Waals surface area contributed by atoms with Crippen LogP contribution < -0.4 is 4.90 Å². The molecule has 1 heterocycles. The number of hydrogen-bond acceptors (Lipinski definition) is 2.